The van der Waals surface area contributed by atoms with Crippen LogP contribution in [-0.4, -0.2) is 44.4 Å². The lowest BCUT2D eigenvalue weighted by molar-refractivity contribution is 0.0392. The third kappa shape index (κ3) is 6.35. The first-order valence-corrected chi connectivity index (χ1v) is 9.94. The summed E-state index contributed by atoms with van der Waals surface area (Å²) in [4.78, 5) is 2.38. The van der Waals surface area contributed by atoms with Crippen LogP contribution < -0.4 is 10.1 Å². The standard InChI is InChI=1S/C23H29N3O2/c1-26(22-8-11-27-12-9-22)10-13-28-23-7-3-6-21(15-23)18-25-17-20-5-2-4-19(14-20)16-24/h2-7,14-15,22,25H,8-13,17-18H2,1H3. The van der Waals surface area contributed by atoms with Gasteiger partial charge in [-0.3, -0.25) is 4.90 Å². The Hall–Kier alpha value is -2.39. The molecule has 0 radical (unpaired) electrons. The zero-order valence-electron chi connectivity index (χ0n) is 16.6. The number of rotatable bonds is 9. The molecule has 0 unspecified atom stereocenters. The van der Waals surface area contributed by atoms with Crippen LogP contribution in [0.5, 0.6) is 5.75 Å². The number of nitrogens with one attached hydrogen (secondary N) is 1. The van der Waals surface area contributed by atoms with Crippen molar-refractivity contribution >= 4 is 0 Å². The molecule has 1 aliphatic rings. The molecule has 0 spiro atoms. The van der Waals surface area contributed by atoms with Crippen molar-refractivity contribution in [2.75, 3.05) is 33.4 Å². The van der Waals surface area contributed by atoms with Gasteiger partial charge in [0.2, 0.25) is 0 Å². The molecular formula is C23H29N3O2. The highest BCUT2D eigenvalue weighted by atomic mass is 16.5. The molecule has 1 heterocycles. The summed E-state index contributed by atoms with van der Waals surface area (Å²) in [5.41, 5.74) is 3.00. The summed E-state index contributed by atoms with van der Waals surface area (Å²) in [5.74, 6) is 0.908. The zero-order chi connectivity index (χ0) is 19.6. The van der Waals surface area contributed by atoms with Crippen molar-refractivity contribution in [1.29, 1.82) is 5.26 Å². The van der Waals surface area contributed by atoms with E-state index in [2.05, 4.69) is 35.5 Å². The van der Waals surface area contributed by atoms with Crippen LogP contribution in [0.15, 0.2) is 48.5 Å². The molecule has 0 aliphatic carbocycles. The Labute approximate surface area is 167 Å². The van der Waals surface area contributed by atoms with E-state index in [1.165, 1.54) is 5.56 Å². The van der Waals surface area contributed by atoms with E-state index >= 15 is 0 Å². The molecule has 0 amide bonds. The van der Waals surface area contributed by atoms with E-state index in [0.717, 1.165) is 57.0 Å². The van der Waals surface area contributed by atoms with E-state index in [1.54, 1.807) is 0 Å². The van der Waals surface area contributed by atoms with Gasteiger partial charge in [0.15, 0.2) is 0 Å². The quantitative estimate of drug-likeness (QED) is 0.724. The number of hydrogen-bond acceptors (Lipinski definition) is 5. The number of hydrogen-bond donors (Lipinski definition) is 1. The van der Waals surface area contributed by atoms with E-state index in [-0.39, 0.29) is 0 Å². The van der Waals surface area contributed by atoms with E-state index < -0.39 is 0 Å². The summed E-state index contributed by atoms with van der Waals surface area (Å²) in [6.07, 6.45) is 2.21. The smallest absolute Gasteiger partial charge is 0.119 e. The van der Waals surface area contributed by atoms with Gasteiger partial charge >= 0.3 is 0 Å². The highest BCUT2D eigenvalue weighted by molar-refractivity contribution is 5.33. The van der Waals surface area contributed by atoms with Crippen LogP contribution in [0.1, 0.15) is 29.5 Å². The molecule has 1 fully saturated rings. The third-order valence-corrected chi connectivity index (χ3v) is 5.14. The minimum atomic E-state index is 0.604. The lowest BCUT2D eigenvalue weighted by Crippen LogP contribution is -2.38. The van der Waals surface area contributed by atoms with E-state index in [1.807, 2.05) is 36.4 Å². The van der Waals surface area contributed by atoms with Crippen molar-refractivity contribution in [3.05, 3.63) is 65.2 Å². The van der Waals surface area contributed by atoms with Gasteiger partial charge < -0.3 is 14.8 Å². The fraction of sp³-hybridized carbons (Fsp3) is 0.435. The van der Waals surface area contributed by atoms with Crippen LogP contribution in [0.3, 0.4) is 0 Å². The lowest BCUT2D eigenvalue weighted by atomic mass is 10.1. The Morgan fingerprint density at radius 1 is 1.11 bits per heavy atom. The van der Waals surface area contributed by atoms with Crippen LogP contribution >= 0.6 is 0 Å². The van der Waals surface area contributed by atoms with E-state index in [0.29, 0.717) is 18.2 Å². The van der Waals surface area contributed by atoms with Gasteiger partial charge in [-0.15, -0.1) is 0 Å². The monoisotopic (exact) mass is 379 g/mol. The normalized spacial score (nSPS) is 14.8. The van der Waals surface area contributed by atoms with Crippen molar-refractivity contribution < 1.29 is 9.47 Å². The summed E-state index contributed by atoms with van der Waals surface area (Å²) >= 11 is 0. The number of nitriles is 1. The molecule has 5 heteroatoms. The first kappa shape index (κ1) is 20.3. The van der Waals surface area contributed by atoms with Crippen LogP contribution in [0.2, 0.25) is 0 Å². The summed E-state index contributed by atoms with van der Waals surface area (Å²) in [7, 11) is 2.17. The Kier molecular flexibility index (Phi) is 7.86. The van der Waals surface area contributed by atoms with Crippen LogP contribution in [0.4, 0.5) is 0 Å². The summed E-state index contributed by atoms with van der Waals surface area (Å²) < 4.78 is 11.4. The van der Waals surface area contributed by atoms with Crippen molar-refractivity contribution in [1.82, 2.24) is 10.2 Å². The van der Waals surface area contributed by atoms with Crippen molar-refractivity contribution in [2.45, 2.75) is 32.0 Å². The minimum Gasteiger partial charge on any atom is -0.492 e. The number of ether oxygens (including phenoxy) is 2. The second-order valence-electron chi connectivity index (χ2n) is 7.24. The maximum Gasteiger partial charge on any atom is 0.119 e. The van der Waals surface area contributed by atoms with Crippen molar-refractivity contribution in [3.63, 3.8) is 0 Å². The third-order valence-electron chi connectivity index (χ3n) is 5.14. The van der Waals surface area contributed by atoms with Gasteiger partial charge in [0, 0.05) is 38.9 Å². The van der Waals surface area contributed by atoms with Crippen molar-refractivity contribution in [2.24, 2.45) is 0 Å². The summed E-state index contributed by atoms with van der Waals surface area (Å²) in [6, 6.07) is 18.7. The molecule has 0 atom stereocenters. The second-order valence-corrected chi connectivity index (χ2v) is 7.24. The molecule has 148 valence electrons. The Morgan fingerprint density at radius 2 is 1.82 bits per heavy atom. The summed E-state index contributed by atoms with van der Waals surface area (Å²) in [6.45, 7) is 4.83. The second kappa shape index (κ2) is 10.8. The number of benzene rings is 2. The Morgan fingerprint density at radius 3 is 2.57 bits per heavy atom. The molecular weight excluding hydrogens is 350 g/mol. The molecule has 1 N–H and O–H groups in total. The average Bonchev–Trinajstić information content (AvgIpc) is 2.75. The fourth-order valence-electron chi connectivity index (χ4n) is 3.46. The molecule has 0 bridgehead atoms. The molecule has 1 aliphatic heterocycles. The van der Waals surface area contributed by atoms with E-state index in [4.69, 9.17) is 14.7 Å². The first-order chi connectivity index (χ1) is 13.7. The highest BCUT2D eigenvalue weighted by Crippen LogP contribution is 2.15. The largest absolute Gasteiger partial charge is 0.492 e. The zero-order valence-corrected chi connectivity index (χ0v) is 16.6. The molecule has 2 aromatic rings. The van der Waals surface area contributed by atoms with Gasteiger partial charge in [0.1, 0.15) is 12.4 Å². The summed E-state index contributed by atoms with van der Waals surface area (Å²) in [5, 5.41) is 12.4. The molecule has 3 rings (SSSR count). The van der Waals surface area contributed by atoms with Gasteiger partial charge in [-0.25, -0.2) is 0 Å². The number of nitrogens with zero attached hydrogens (tertiary/aromatic N) is 2. The number of likely N-dealkylation sites (N-methyl/N-ethyl adjacent to an activating group) is 1. The molecule has 1 saturated heterocycles. The van der Waals surface area contributed by atoms with E-state index in [9.17, 15) is 0 Å². The van der Waals surface area contributed by atoms with Crippen LogP contribution in [0, 0.1) is 11.3 Å². The van der Waals surface area contributed by atoms with Gasteiger partial charge in [-0.1, -0.05) is 24.3 Å². The van der Waals surface area contributed by atoms with Crippen molar-refractivity contribution in [3.8, 4) is 11.8 Å². The molecule has 28 heavy (non-hydrogen) atoms. The van der Waals surface area contributed by atoms with Gasteiger partial charge in [-0.05, 0) is 55.3 Å². The minimum absolute atomic E-state index is 0.604. The average molecular weight is 380 g/mol. The fourth-order valence-corrected chi connectivity index (χ4v) is 3.46. The van der Waals surface area contributed by atoms with Crippen LogP contribution in [0.25, 0.3) is 0 Å². The first-order valence-electron chi connectivity index (χ1n) is 9.94. The highest BCUT2D eigenvalue weighted by Gasteiger charge is 2.17. The predicted molar refractivity (Wildman–Crippen MR) is 110 cm³/mol. The molecule has 2 aromatic carbocycles. The maximum absolute atomic E-state index is 8.98. The molecule has 5 nitrogen and oxygen atoms in total. The van der Waals surface area contributed by atoms with Gasteiger partial charge in [0.25, 0.3) is 0 Å². The Bertz CT molecular complexity index is 781. The predicted octanol–water partition coefficient (Wildman–Crippen LogP) is 3.34. The lowest BCUT2D eigenvalue weighted by Gasteiger charge is -2.31. The van der Waals surface area contributed by atoms with Gasteiger partial charge in [0.05, 0.1) is 11.6 Å². The van der Waals surface area contributed by atoms with Crippen LogP contribution in [-0.2, 0) is 17.8 Å². The topological polar surface area (TPSA) is 57.5 Å². The molecule has 0 aromatic heterocycles. The maximum atomic E-state index is 8.98. The SMILES string of the molecule is CN(CCOc1cccc(CNCc2cccc(C#N)c2)c1)C1CCOCC1. The Balaban J connectivity index is 1.41. The molecule has 0 saturated carbocycles. The van der Waals surface area contributed by atoms with Gasteiger partial charge in [-0.2, -0.15) is 5.26 Å².